The van der Waals surface area contributed by atoms with Crippen LogP contribution in [0, 0.1) is 12.3 Å². The molecule has 0 amide bonds. The standard InChI is InChI=1S/C11H16BrNOS/c1-8-10(12)4-9(15-8)5-13-6-11(7-14)2-3-11/h4,13-14H,2-3,5-7H2,1H3. The van der Waals surface area contributed by atoms with Gasteiger partial charge in [0.1, 0.15) is 0 Å². The van der Waals surface area contributed by atoms with Gasteiger partial charge in [0.2, 0.25) is 0 Å². The number of nitrogens with one attached hydrogen (secondary N) is 1. The molecule has 1 aromatic heterocycles. The number of halogens is 1. The number of thiophene rings is 1. The molecule has 1 heterocycles. The van der Waals surface area contributed by atoms with E-state index in [1.54, 1.807) is 0 Å². The van der Waals surface area contributed by atoms with E-state index < -0.39 is 0 Å². The monoisotopic (exact) mass is 289 g/mol. The average molecular weight is 290 g/mol. The summed E-state index contributed by atoms with van der Waals surface area (Å²) in [5, 5.41) is 12.6. The van der Waals surface area contributed by atoms with Gasteiger partial charge in [-0.3, -0.25) is 0 Å². The number of hydrogen-bond acceptors (Lipinski definition) is 3. The highest BCUT2D eigenvalue weighted by Gasteiger charge is 2.41. The Bertz CT molecular complexity index is 327. The van der Waals surface area contributed by atoms with Gasteiger partial charge in [-0.05, 0) is 41.8 Å². The predicted molar refractivity (Wildman–Crippen MR) is 67.2 cm³/mol. The van der Waals surface area contributed by atoms with Crippen molar-refractivity contribution < 1.29 is 5.11 Å². The summed E-state index contributed by atoms with van der Waals surface area (Å²) >= 11 is 5.34. The highest BCUT2D eigenvalue weighted by Crippen LogP contribution is 2.44. The normalized spacial score (nSPS) is 18.1. The van der Waals surface area contributed by atoms with E-state index in [9.17, 15) is 0 Å². The molecule has 0 unspecified atom stereocenters. The molecule has 2 rings (SSSR count). The lowest BCUT2D eigenvalue weighted by Crippen LogP contribution is -2.25. The van der Waals surface area contributed by atoms with Crippen molar-refractivity contribution in [3.8, 4) is 0 Å². The molecule has 0 atom stereocenters. The van der Waals surface area contributed by atoms with Crippen molar-refractivity contribution in [2.45, 2.75) is 26.3 Å². The molecule has 84 valence electrons. The molecular weight excluding hydrogens is 274 g/mol. The summed E-state index contributed by atoms with van der Waals surface area (Å²) in [6, 6.07) is 2.17. The van der Waals surface area contributed by atoms with Gasteiger partial charge in [-0.15, -0.1) is 11.3 Å². The van der Waals surface area contributed by atoms with E-state index >= 15 is 0 Å². The van der Waals surface area contributed by atoms with Crippen LogP contribution < -0.4 is 5.32 Å². The van der Waals surface area contributed by atoms with Gasteiger partial charge in [0.15, 0.2) is 0 Å². The lowest BCUT2D eigenvalue weighted by atomic mass is 10.1. The van der Waals surface area contributed by atoms with Gasteiger partial charge in [0.05, 0.1) is 0 Å². The zero-order chi connectivity index (χ0) is 10.9. The first-order chi connectivity index (χ1) is 7.15. The number of aryl methyl sites for hydroxylation is 1. The fourth-order valence-electron chi connectivity index (χ4n) is 1.62. The van der Waals surface area contributed by atoms with Crippen molar-refractivity contribution in [3.05, 3.63) is 20.3 Å². The molecule has 1 fully saturated rings. The molecule has 15 heavy (non-hydrogen) atoms. The molecule has 1 aliphatic rings. The molecule has 2 nitrogen and oxygen atoms in total. The van der Waals surface area contributed by atoms with Crippen LogP contribution >= 0.6 is 27.3 Å². The first kappa shape index (κ1) is 11.6. The maximum atomic E-state index is 9.16. The Labute approximate surface area is 103 Å². The smallest absolute Gasteiger partial charge is 0.0499 e. The van der Waals surface area contributed by atoms with Crippen molar-refractivity contribution >= 4 is 27.3 Å². The highest BCUT2D eigenvalue weighted by molar-refractivity contribution is 9.10. The van der Waals surface area contributed by atoms with Crippen LogP contribution in [0.5, 0.6) is 0 Å². The van der Waals surface area contributed by atoms with Crippen molar-refractivity contribution in [1.82, 2.24) is 5.32 Å². The van der Waals surface area contributed by atoms with Crippen molar-refractivity contribution in [1.29, 1.82) is 0 Å². The number of aliphatic hydroxyl groups excluding tert-OH is 1. The molecule has 4 heteroatoms. The third-order valence-corrected chi connectivity index (χ3v) is 5.14. The van der Waals surface area contributed by atoms with Gasteiger partial charge in [-0.25, -0.2) is 0 Å². The molecule has 0 spiro atoms. The molecule has 1 saturated carbocycles. The molecule has 0 saturated heterocycles. The van der Waals surface area contributed by atoms with Crippen LogP contribution in [0.25, 0.3) is 0 Å². The Balaban J connectivity index is 1.78. The largest absolute Gasteiger partial charge is 0.396 e. The van der Waals surface area contributed by atoms with Crippen LogP contribution in [-0.4, -0.2) is 18.3 Å². The topological polar surface area (TPSA) is 32.3 Å². The first-order valence-electron chi connectivity index (χ1n) is 5.22. The van der Waals surface area contributed by atoms with E-state index in [4.69, 9.17) is 5.11 Å². The quantitative estimate of drug-likeness (QED) is 0.874. The van der Waals surface area contributed by atoms with Crippen LogP contribution in [0.3, 0.4) is 0 Å². The van der Waals surface area contributed by atoms with Crippen molar-refractivity contribution in [2.75, 3.05) is 13.2 Å². The third kappa shape index (κ3) is 2.81. The maximum Gasteiger partial charge on any atom is 0.0499 e. The minimum Gasteiger partial charge on any atom is -0.396 e. The fraction of sp³-hybridized carbons (Fsp3) is 0.636. The van der Waals surface area contributed by atoms with Crippen LogP contribution in [0.15, 0.2) is 10.5 Å². The Morgan fingerprint density at radius 1 is 1.60 bits per heavy atom. The van der Waals surface area contributed by atoms with Crippen molar-refractivity contribution in [2.24, 2.45) is 5.41 Å². The molecule has 0 aromatic carbocycles. The van der Waals surface area contributed by atoms with Crippen molar-refractivity contribution in [3.63, 3.8) is 0 Å². The Morgan fingerprint density at radius 2 is 2.33 bits per heavy atom. The van der Waals surface area contributed by atoms with E-state index in [1.807, 2.05) is 11.3 Å². The van der Waals surface area contributed by atoms with Gasteiger partial charge in [0, 0.05) is 39.3 Å². The summed E-state index contributed by atoms with van der Waals surface area (Å²) in [6.45, 7) is 4.30. The number of hydrogen-bond donors (Lipinski definition) is 2. The molecule has 1 aliphatic carbocycles. The second-order valence-electron chi connectivity index (χ2n) is 4.38. The lowest BCUT2D eigenvalue weighted by Gasteiger charge is -2.11. The summed E-state index contributed by atoms with van der Waals surface area (Å²) in [5.74, 6) is 0. The Hall–Kier alpha value is 0.100. The van der Waals surface area contributed by atoms with Gasteiger partial charge < -0.3 is 10.4 Å². The lowest BCUT2D eigenvalue weighted by molar-refractivity contribution is 0.207. The molecule has 0 radical (unpaired) electrons. The molecule has 0 aliphatic heterocycles. The fourth-order valence-corrected chi connectivity index (χ4v) is 3.19. The van der Waals surface area contributed by atoms with Gasteiger partial charge in [0.25, 0.3) is 0 Å². The Kier molecular flexibility index (Phi) is 3.50. The summed E-state index contributed by atoms with van der Waals surface area (Å²) in [4.78, 5) is 2.68. The van der Waals surface area contributed by atoms with E-state index in [-0.39, 0.29) is 5.41 Å². The zero-order valence-electron chi connectivity index (χ0n) is 8.85. The van der Waals surface area contributed by atoms with E-state index in [2.05, 4.69) is 34.2 Å². The summed E-state index contributed by atoms with van der Waals surface area (Å²) < 4.78 is 1.20. The average Bonchev–Trinajstić information content (AvgIpc) is 2.91. The minimum atomic E-state index is 0.212. The summed E-state index contributed by atoms with van der Waals surface area (Å²) in [6.07, 6.45) is 2.34. The zero-order valence-corrected chi connectivity index (χ0v) is 11.2. The SMILES string of the molecule is Cc1sc(CNCC2(CO)CC2)cc1Br. The van der Waals surface area contributed by atoms with E-state index in [0.29, 0.717) is 6.61 Å². The van der Waals surface area contributed by atoms with Gasteiger partial charge >= 0.3 is 0 Å². The van der Waals surface area contributed by atoms with Crippen LogP contribution in [0.2, 0.25) is 0 Å². The predicted octanol–water partition coefficient (Wildman–Crippen LogP) is 2.68. The van der Waals surface area contributed by atoms with Crippen LogP contribution in [-0.2, 0) is 6.54 Å². The molecule has 0 bridgehead atoms. The Morgan fingerprint density at radius 3 is 2.80 bits per heavy atom. The van der Waals surface area contributed by atoms with Crippen LogP contribution in [0.4, 0.5) is 0 Å². The second-order valence-corrected chi connectivity index (χ2v) is 6.57. The second kappa shape index (κ2) is 4.53. The number of rotatable bonds is 5. The highest BCUT2D eigenvalue weighted by atomic mass is 79.9. The molecular formula is C11H16BrNOS. The first-order valence-corrected chi connectivity index (χ1v) is 6.83. The van der Waals surface area contributed by atoms with E-state index in [1.165, 1.54) is 27.1 Å². The van der Waals surface area contributed by atoms with Crippen LogP contribution in [0.1, 0.15) is 22.6 Å². The van der Waals surface area contributed by atoms with E-state index in [0.717, 1.165) is 13.1 Å². The van der Waals surface area contributed by atoms with Gasteiger partial charge in [-0.2, -0.15) is 0 Å². The summed E-state index contributed by atoms with van der Waals surface area (Å²) in [5.41, 5.74) is 0.212. The molecule has 1 aromatic rings. The van der Waals surface area contributed by atoms with Gasteiger partial charge in [-0.1, -0.05) is 0 Å². The third-order valence-electron chi connectivity index (χ3n) is 3.00. The minimum absolute atomic E-state index is 0.212. The molecule has 2 N–H and O–H groups in total. The number of aliphatic hydroxyl groups is 1. The maximum absolute atomic E-state index is 9.16. The summed E-state index contributed by atoms with van der Waals surface area (Å²) in [7, 11) is 0.